The van der Waals surface area contributed by atoms with Crippen molar-refractivity contribution in [1.29, 1.82) is 0 Å². The summed E-state index contributed by atoms with van der Waals surface area (Å²) >= 11 is 5.54. The highest BCUT2D eigenvalue weighted by atomic mass is 35.5. The summed E-state index contributed by atoms with van der Waals surface area (Å²) < 4.78 is 0. The molecular formula is C7H9ClN2O3. The summed E-state index contributed by atoms with van der Waals surface area (Å²) in [6.07, 6.45) is 0. The maximum atomic E-state index is 11.1. The summed E-state index contributed by atoms with van der Waals surface area (Å²) in [7, 11) is 1.48. The molecule has 0 radical (unpaired) electrons. The van der Waals surface area contributed by atoms with Crippen molar-refractivity contribution in [3.05, 3.63) is 11.3 Å². The molecule has 6 heteroatoms. The van der Waals surface area contributed by atoms with Gasteiger partial charge in [0.1, 0.15) is 0 Å². The van der Waals surface area contributed by atoms with E-state index in [4.69, 9.17) is 16.7 Å². The van der Waals surface area contributed by atoms with Gasteiger partial charge in [-0.3, -0.25) is 4.90 Å². The lowest BCUT2D eigenvalue weighted by Crippen LogP contribution is -2.45. The van der Waals surface area contributed by atoms with E-state index in [9.17, 15) is 9.59 Å². The number of hydrogen-bond acceptors (Lipinski definition) is 2. The number of nitrogens with one attached hydrogen (secondary N) is 1. The predicted molar refractivity (Wildman–Crippen MR) is 46.5 cm³/mol. The van der Waals surface area contributed by atoms with E-state index in [1.807, 2.05) is 0 Å². The van der Waals surface area contributed by atoms with Crippen LogP contribution in [0.3, 0.4) is 0 Å². The molecule has 1 rings (SSSR count). The highest BCUT2D eigenvalue weighted by Crippen LogP contribution is 2.14. The van der Waals surface area contributed by atoms with Crippen molar-refractivity contribution in [2.24, 2.45) is 0 Å². The number of urea groups is 1. The number of nitrogens with zero attached hydrogens (tertiary/aromatic N) is 1. The van der Waals surface area contributed by atoms with Crippen LogP contribution >= 0.6 is 11.6 Å². The lowest BCUT2D eigenvalue weighted by Gasteiger charge is -2.26. The van der Waals surface area contributed by atoms with Crippen molar-refractivity contribution in [1.82, 2.24) is 10.2 Å². The molecule has 0 spiro atoms. The minimum atomic E-state index is -1.05. The molecule has 2 N–H and O–H groups in total. The van der Waals surface area contributed by atoms with Crippen molar-refractivity contribution >= 4 is 23.6 Å². The van der Waals surface area contributed by atoms with Crippen LogP contribution in [0.1, 0.15) is 0 Å². The Morgan fingerprint density at radius 3 is 2.85 bits per heavy atom. The van der Waals surface area contributed by atoms with Crippen LogP contribution in [0.15, 0.2) is 11.3 Å². The summed E-state index contributed by atoms with van der Waals surface area (Å²) in [5.41, 5.74) is 0.481. The zero-order chi connectivity index (χ0) is 10.0. The van der Waals surface area contributed by atoms with Gasteiger partial charge in [0.05, 0.1) is 18.0 Å². The van der Waals surface area contributed by atoms with E-state index in [1.54, 1.807) is 0 Å². The minimum Gasteiger partial charge on any atom is -0.478 e. The third kappa shape index (κ3) is 1.75. The maximum Gasteiger partial charge on any atom is 0.335 e. The normalized spacial score (nSPS) is 17.4. The van der Waals surface area contributed by atoms with Crippen molar-refractivity contribution < 1.29 is 14.7 Å². The molecule has 0 bridgehead atoms. The second kappa shape index (κ2) is 3.66. The minimum absolute atomic E-state index is 0.0194. The Balaban J connectivity index is 3.06. The first kappa shape index (κ1) is 9.85. The molecule has 5 nitrogen and oxygen atoms in total. The van der Waals surface area contributed by atoms with Crippen molar-refractivity contribution in [3.8, 4) is 0 Å². The molecule has 0 aliphatic carbocycles. The molecule has 0 aromatic carbocycles. The van der Waals surface area contributed by atoms with Crippen LogP contribution in [0.25, 0.3) is 0 Å². The highest BCUT2D eigenvalue weighted by molar-refractivity contribution is 6.20. The highest BCUT2D eigenvalue weighted by Gasteiger charge is 2.25. The molecule has 0 fully saturated rings. The Morgan fingerprint density at radius 1 is 1.77 bits per heavy atom. The summed E-state index contributed by atoms with van der Waals surface area (Å²) in [4.78, 5) is 23.0. The number of amides is 2. The number of carboxylic acid groups (broad SMARTS) is 1. The Labute approximate surface area is 80.0 Å². The van der Waals surface area contributed by atoms with Crippen molar-refractivity contribution in [3.63, 3.8) is 0 Å². The van der Waals surface area contributed by atoms with Crippen LogP contribution < -0.4 is 5.32 Å². The average molecular weight is 205 g/mol. The number of aliphatic carboxylic acids is 1. The van der Waals surface area contributed by atoms with E-state index in [-0.39, 0.29) is 24.0 Å². The lowest BCUT2D eigenvalue weighted by atomic mass is 10.1. The van der Waals surface area contributed by atoms with Gasteiger partial charge in [-0.15, -0.1) is 11.6 Å². The molecule has 0 atom stereocenters. The fraction of sp³-hybridized carbons (Fsp3) is 0.429. The van der Waals surface area contributed by atoms with E-state index in [2.05, 4.69) is 5.32 Å². The fourth-order valence-electron chi connectivity index (χ4n) is 1.08. The third-order valence-corrected chi connectivity index (χ3v) is 2.11. The van der Waals surface area contributed by atoms with Gasteiger partial charge >= 0.3 is 12.0 Å². The van der Waals surface area contributed by atoms with E-state index >= 15 is 0 Å². The van der Waals surface area contributed by atoms with Crippen LogP contribution in [0, 0.1) is 0 Å². The Kier molecular flexibility index (Phi) is 2.77. The van der Waals surface area contributed by atoms with E-state index < -0.39 is 5.97 Å². The molecule has 2 amide bonds. The van der Waals surface area contributed by atoms with Crippen LogP contribution in [-0.4, -0.2) is 41.5 Å². The summed E-state index contributed by atoms with van der Waals surface area (Å²) in [5.74, 6) is -1.03. The van der Waals surface area contributed by atoms with Crippen molar-refractivity contribution in [2.75, 3.05) is 19.5 Å². The molecule has 1 aliphatic heterocycles. The Morgan fingerprint density at radius 2 is 2.38 bits per heavy atom. The van der Waals surface area contributed by atoms with E-state index in [1.165, 1.54) is 11.9 Å². The molecule has 0 saturated carbocycles. The van der Waals surface area contributed by atoms with Gasteiger partial charge in [0.15, 0.2) is 0 Å². The standard InChI is InChI=1S/C7H9ClN2O3/c1-10-5(2-8)4(6(11)12)3-9-7(10)13/h2-3H2,1H3,(H,9,13)(H,11,12). The smallest absolute Gasteiger partial charge is 0.335 e. The van der Waals surface area contributed by atoms with Gasteiger partial charge in [-0.25, -0.2) is 9.59 Å². The van der Waals surface area contributed by atoms with Crippen molar-refractivity contribution in [2.45, 2.75) is 0 Å². The van der Waals surface area contributed by atoms with Crippen LogP contribution in [0.4, 0.5) is 4.79 Å². The van der Waals surface area contributed by atoms with Gasteiger partial charge in [0.2, 0.25) is 0 Å². The molecule has 72 valence electrons. The number of carbonyl (C=O) groups is 2. The second-order valence-corrected chi connectivity index (χ2v) is 2.85. The zero-order valence-electron chi connectivity index (χ0n) is 7.00. The number of carboxylic acids is 1. The second-order valence-electron chi connectivity index (χ2n) is 2.58. The predicted octanol–water partition coefficient (Wildman–Crippen LogP) is 0.219. The summed E-state index contributed by atoms with van der Waals surface area (Å²) in [6, 6.07) is -0.333. The molecule has 1 aliphatic rings. The summed E-state index contributed by atoms with van der Waals surface area (Å²) in [5, 5.41) is 11.2. The Hall–Kier alpha value is -1.23. The monoisotopic (exact) mass is 204 g/mol. The number of halogens is 1. The molecule has 0 aromatic heterocycles. The topological polar surface area (TPSA) is 69.6 Å². The first-order valence-electron chi connectivity index (χ1n) is 3.60. The molecule has 13 heavy (non-hydrogen) atoms. The van der Waals surface area contributed by atoms with Crippen LogP contribution in [0.5, 0.6) is 0 Å². The molecule has 0 unspecified atom stereocenters. The number of rotatable bonds is 2. The van der Waals surface area contributed by atoms with Gasteiger partial charge in [-0.1, -0.05) is 0 Å². The third-order valence-electron chi connectivity index (χ3n) is 1.86. The first-order chi connectivity index (χ1) is 6.07. The summed E-state index contributed by atoms with van der Waals surface area (Å²) in [6.45, 7) is 0.0283. The van der Waals surface area contributed by atoms with Gasteiger partial charge < -0.3 is 10.4 Å². The Bertz CT molecular complexity index is 287. The van der Waals surface area contributed by atoms with Gasteiger partial charge in [0, 0.05) is 12.7 Å². The van der Waals surface area contributed by atoms with E-state index in [0.717, 1.165) is 0 Å². The van der Waals surface area contributed by atoms with Gasteiger partial charge in [-0.05, 0) is 0 Å². The molecular weight excluding hydrogens is 196 g/mol. The van der Waals surface area contributed by atoms with Gasteiger partial charge in [-0.2, -0.15) is 0 Å². The largest absolute Gasteiger partial charge is 0.478 e. The molecule has 0 saturated heterocycles. The molecule has 0 aromatic rings. The zero-order valence-corrected chi connectivity index (χ0v) is 7.76. The average Bonchev–Trinajstić information content (AvgIpc) is 2.09. The van der Waals surface area contributed by atoms with Gasteiger partial charge in [0.25, 0.3) is 0 Å². The van der Waals surface area contributed by atoms with Crippen LogP contribution in [-0.2, 0) is 4.79 Å². The number of alkyl halides is 1. The number of allylic oxidation sites excluding steroid dienone is 1. The fourth-order valence-corrected chi connectivity index (χ4v) is 1.42. The SMILES string of the molecule is CN1C(=O)NCC(C(=O)O)=C1CCl. The quantitative estimate of drug-likeness (QED) is 0.633. The van der Waals surface area contributed by atoms with Crippen LogP contribution in [0.2, 0.25) is 0 Å². The number of hydrogen-bond donors (Lipinski definition) is 2. The first-order valence-corrected chi connectivity index (χ1v) is 4.14. The molecule has 1 heterocycles. The lowest BCUT2D eigenvalue weighted by molar-refractivity contribution is -0.132. The van der Waals surface area contributed by atoms with E-state index in [0.29, 0.717) is 5.70 Å². The number of carbonyl (C=O) groups excluding carboxylic acids is 1. The maximum absolute atomic E-state index is 11.1.